The number of piperazine rings is 1. The Morgan fingerprint density at radius 2 is 1.59 bits per heavy atom. The number of nitrogens with zero attached hydrogens (tertiary/aromatic N) is 2. The minimum Gasteiger partial charge on any atom is -0.366 e. The van der Waals surface area contributed by atoms with Gasteiger partial charge in [0.15, 0.2) is 0 Å². The summed E-state index contributed by atoms with van der Waals surface area (Å²) in [6.45, 7) is 6.69. The molecular weight excluding hydrogens is 362 g/mol. The molecule has 1 heterocycles. The predicted molar refractivity (Wildman–Crippen MR) is 109 cm³/mol. The van der Waals surface area contributed by atoms with Gasteiger partial charge in [-0.1, -0.05) is 49.7 Å². The van der Waals surface area contributed by atoms with E-state index in [-0.39, 0.29) is 17.7 Å². The van der Waals surface area contributed by atoms with Crippen LogP contribution in [0.4, 0.5) is 11.4 Å². The highest BCUT2D eigenvalue weighted by atomic mass is 35.5. The zero-order valence-corrected chi connectivity index (χ0v) is 16.4. The summed E-state index contributed by atoms with van der Waals surface area (Å²) < 4.78 is 0. The largest absolute Gasteiger partial charge is 0.366 e. The minimum atomic E-state index is -0.235. The number of anilines is 2. The van der Waals surface area contributed by atoms with Gasteiger partial charge < -0.3 is 15.1 Å². The zero-order valence-electron chi connectivity index (χ0n) is 15.6. The summed E-state index contributed by atoms with van der Waals surface area (Å²) in [5.41, 5.74) is 2.14. The molecule has 2 amide bonds. The summed E-state index contributed by atoms with van der Waals surface area (Å²) in [4.78, 5) is 28.9. The number of hydrogen-bond acceptors (Lipinski definition) is 3. The Kier molecular flexibility index (Phi) is 6.01. The fourth-order valence-electron chi connectivity index (χ4n) is 3.22. The van der Waals surface area contributed by atoms with Crippen molar-refractivity contribution in [3.63, 3.8) is 0 Å². The zero-order chi connectivity index (χ0) is 19.4. The summed E-state index contributed by atoms with van der Waals surface area (Å²) in [6.07, 6.45) is 0. The van der Waals surface area contributed by atoms with Crippen molar-refractivity contribution in [3.8, 4) is 0 Å². The third kappa shape index (κ3) is 4.42. The molecule has 1 fully saturated rings. The van der Waals surface area contributed by atoms with Crippen LogP contribution in [0, 0.1) is 5.92 Å². The Morgan fingerprint density at radius 1 is 0.963 bits per heavy atom. The van der Waals surface area contributed by atoms with Gasteiger partial charge in [-0.25, -0.2) is 0 Å². The van der Waals surface area contributed by atoms with Crippen LogP contribution in [0.1, 0.15) is 24.2 Å². The number of carbonyl (C=O) groups excluding carboxylic acids is 2. The molecule has 2 aromatic carbocycles. The standard InChI is InChI=1S/C21H24ClN3O2/c1-15(2)21(27)25-13-11-24(12-14-25)19-10-6-5-9-18(19)23-20(26)16-7-3-4-8-17(16)22/h3-10,15H,11-14H2,1-2H3,(H,23,26). The second-order valence-corrected chi connectivity index (χ2v) is 7.33. The lowest BCUT2D eigenvalue weighted by atomic mass is 10.1. The van der Waals surface area contributed by atoms with Crippen molar-refractivity contribution < 1.29 is 9.59 Å². The van der Waals surface area contributed by atoms with E-state index in [0.717, 1.165) is 24.5 Å². The molecule has 0 saturated carbocycles. The van der Waals surface area contributed by atoms with Crippen LogP contribution < -0.4 is 10.2 Å². The number of amides is 2. The van der Waals surface area contributed by atoms with Crippen LogP contribution >= 0.6 is 11.6 Å². The van der Waals surface area contributed by atoms with Crippen molar-refractivity contribution in [1.29, 1.82) is 0 Å². The molecule has 0 atom stereocenters. The van der Waals surface area contributed by atoms with Gasteiger partial charge in [-0.15, -0.1) is 0 Å². The van der Waals surface area contributed by atoms with Crippen molar-refractivity contribution in [2.75, 3.05) is 36.4 Å². The Bertz CT molecular complexity index is 830. The van der Waals surface area contributed by atoms with Gasteiger partial charge in [0, 0.05) is 32.1 Å². The molecule has 3 rings (SSSR count). The predicted octanol–water partition coefficient (Wildman–Crippen LogP) is 3.90. The van der Waals surface area contributed by atoms with E-state index in [1.807, 2.05) is 43.0 Å². The molecule has 0 radical (unpaired) electrons. The number of halogens is 1. The molecule has 0 unspecified atom stereocenters. The van der Waals surface area contributed by atoms with E-state index in [2.05, 4.69) is 10.2 Å². The number of nitrogens with one attached hydrogen (secondary N) is 1. The topological polar surface area (TPSA) is 52.7 Å². The molecule has 1 aliphatic rings. The van der Waals surface area contributed by atoms with Crippen LogP contribution in [-0.4, -0.2) is 42.9 Å². The molecule has 1 saturated heterocycles. The van der Waals surface area contributed by atoms with Gasteiger partial charge in [-0.2, -0.15) is 0 Å². The average molecular weight is 386 g/mol. The second kappa shape index (κ2) is 8.44. The van der Waals surface area contributed by atoms with Crippen LogP contribution in [0.25, 0.3) is 0 Å². The van der Waals surface area contributed by atoms with Crippen LogP contribution in [0.3, 0.4) is 0 Å². The average Bonchev–Trinajstić information content (AvgIpc) is 2.68. The number of benzene rings is 2. The first kappa shape index (κ1) is 19.2. The van der Waals surface area contributed by atoms with Crippen molar-refractivity contribution in [2.24, 2.45) is 5.92 Å². The van der Waals surface area contributed by atoms with Crippen molar-refractivity contribution >= 4 is 34.8 Å². The number of carbonyl (C=O) groups is 2. The smallest absolute Gasteiger partial charge is 0.257 e. The van der Waals surface area contributed by atoms with Crippen molar-refractivity contribution in [3.05, 3.63) is 59.1 Å². The molecule has 0 spiro atoms. The second-order valence-electron chi connectivity index (χ2n) is 6.92. The molecular formula is C21H24ClN3O2. The highest BCUT2D eigenvalue weighted by molar-refractivity contribution is 6.34. The number of para-hydroxylation sites is 2. The van der Waals surface area contributed by atoms with Gasteiger partial charge in [0.25, 0.3) is 5.91 Å². The molecule has 6 heteroatoms. The molecule has 2 aromatic rings. The first-order chi connectivity index (χ1) is 13.0. The first-order valence-corrected chi connectivity index (χ1v) is 9.54. The Labute approximate surface area is 164 Å². The monoisotopic (exact) mass is 385 g/mol. The van der Waals surface area contributed by atoms with Crippen LogP contribution in [0.5, 0.6) is 0 Å². The highest BCUT2D eigenvalue weighted by Gasteiger charge is 2.24. The first-order valence-electron chi connectivity index (χ1n) is 9.16. The Hall–Kier alpha value is -2.53. The SMILES string of the molecule is CC(C)C(=O)N1CCN(c2ccccc2NC(=O)c2ccccc2Cl)CC1. The van der Waals surface area contributed by atoms with E-state index >= 15 is 0 Å². The van der Waals surface area contributed by atoms with Crippen LogP contribution in [0.15, 0.2) is 48.5 Å². The molecule has 1 aliphatic heterocycles. The third-order valence-corrected chi connectivity index (χ3v) is 5.03. The molecule has 0 aromatic heterocycles. The quantitative estimate of drug-likeness (QED) is 0.868. The lowest BCUT2D eigenvalue weighted by molar-refractivity contribution is -0.134. The number of rotatable bonds is 4. The van der Waals surface area contributed by atoms with Crippen molar-refractivity contribution in [1.82, 2.24) is 4.90 Å². The van der Waals surface area contributed by atoms with Gasteiger partial charge in [-0.3, -0.25) is 9.59 Å². The lowest BCUT2D eigenvalue weighted by Gasteiger charge is -2.37. The summed E-state index contributed by atoms with van der Waals surface area (Å²) in [7, 11) is 0. The van der Waals surface area contributed by atoms with Gasteiger partial charge in [0.2, 0.25) is 5.91 Å². The van der Waals surface area contributed by atoms with E-state index in [9.17, 15) is 9.59 Å². The van der Waals surface area contributed by atoms with Gasteiger partial charge in [-0.05, 0) is 24.3 Å². The van der Waals surface area contributed by atoms with Gasteiger partial charge in [0.1, 0.15) is 0 Å². The maximum atomic E-state index is 12.6. The summed E-state index contributed by atoms with van der Waals surface area (Å²) in [5, 5.41) is 3.40. The molecule has 142 valence electrons. The Morgan fingerprint density at radius 3 is 2.26 bits per heavy atom. The van der Waals surface area contributed by atoms with E-state index in [1.54, 1.807) is 24.3 Å². The normalized spacial score (nSPS) is 14.4. The molecule has 5 nitrogen and oxygen atoms in total. The lowest BCUT2D eigenvalue weighted by Crippen LogP contribution is -2.50. The van der Waals surface area contributed by atoms with Gasteiger partial charge >= 0.3 is 0 Å². The maximum Gasteiger partial charge on any atom is 0.257 e. The highest BCUT2D eigenvalue weighted by Crippen LogP contribution is 2.28. The third-order valence-electron chi connectivity index (χ3n) is 4.70. The van der Waals surface area contributed by atoms with E-state index < -0.39 is 0 Å². The van der Waals surface area contributed by atoms with Crippen molar-refractivity contribution in [2.45, 2.75) is 13.8 Å². The number of hydrogen-bond donors (Lipinski definition) is 1. The fraction of sp³-hybridized carbons (Fsp3) is 0.333. The molecule has 0 bridgehead atoms. The minimum absolute atomic E-state index is 0.0127. The molecule has 0 aliphatic carbocycles. The summed E-state index contributed by atoms with van der Waals surface area (Å²) in [5.74, 6) is -0.0321. The molecule has 1 N–H and O–H groups in total. The van der Waals surface area contributed by atoms with E-state index in [1.165, 1.54) is 0 Å². The maximum absolute atomic E-state index is 12.6. The Balaban J connectivity index is 1.73. The van der Waals surface area contributed by atoms with E-state index in [4.69, 9.17) is 11.6 Å². The molecule has 27 heavy (non-hydrogen) atoms. The van der Waals surface area contributed by atoms with Gasteiger partial charge in [0.05, 0.1) is 22.0 Å². The van der Waals surface area contributed by atoms with E-state index in [0.29, 0.717) is 23.7 Å². The summed E-state index contributed by atoms with van der Waals surface area (Å²) >= 11 is 6.14. The fourth-order valence-corrected chi connectivity index (χ4v) is 3.44. The summed E-state index contributed by atoms with van der Waals surface area (Å²) in [6, 6.07) is 14.7. The van der Waals surface area contributed by atoms with Crippen LogP contribution in [-0.2, 0) is 4.79 Å². The van der Waals surface area contributed by atoms with Crippen LogP contribution in [0.2, 0.25) is 5.02 Å².